The van der Waals surface area contributed by atoms with Gasteiger partial charge in [-0.1, -0.05) is 0 Å². The van der Waals surface area contributed by atoms with Gasteiger partial charge in [-0.05, 0) is 20.9 Å². The van der Waals surface area contributed by atoms with Crippen molar-refractivity contribution in [3.8, 4) is 11.5 Å². The average molecular weight is 304 g/mol. The fourth-order valence-corrected chi connectivity index (χ4v) is 2.44. The maximum Gasteiger partial charge on any atom is 0.183 e. The zero-order valence-corrected chi connectivity index (χ0v) is 14.0. The Morgan fingerprint density at radius 1 is 1.23 bits per heavy atom. The topological polar surface area (TPSA) is 52.4 Å². The molecule has 2 aromatic heterocycles. The average Bonchev–Trinajstić information content (AvgIpc) is 2.87. The summed E-state index contributed by atoms with van der Waals surface area (Å²) in [7, 11) is 5.33. The molecule has 0 fully saturated rings. The summed E-state index contributed by atoms with van der Waals surface area (Å²) in [5.41, 5.74) is 3.16. The highest BCUT2D eigenvalue weighted by Gasteiger charge is 2.14. The summed E-state index contributed by atoms with van der Waals surface area (Å²) in [6, 6.07) is 1.80. The molecule has 0 N–H and O–H groups in total. The van der Waals surface area contributed by atoms with Gasteiger partial charge in [0.15, 0.2) is 11.5 Å². The maximum atomic E-state index is 5.43. The fourth-order valence-electron chi connectivity index (χ4n) is 2.44. The number of methoxy groups -OCH3 is 2. The molecule has 2 heterocycles. The van der Waals surface area contributed by atoms with Gasteiger partial charge in [-0.15, -0.1) is 0 Å². The monoisotopic (exact) mass is 304 g/mol. The lowest BCUT2D eigenvalue weighted by atomic mass is 10.2. The van der Waals surface area contributed by atoms with Crippen molar-refractivity contribution < 1.29 is 9.47 Å². The van der Waals surface area contributed by atoms with Gasteiger partial charge in [0, 0.05) is 43.7 Å². The van der Waals surface area contributed by atoms with E-state index in [0.717, 1.165) is 24.5 Å². The lowest BCUT2D eigenvalue weighted by Crippen LogP contribution is -2.19. The van der Waals surface area contributed by atoms with Crippen molar-refractivity contribution in [3.05, 3.63) is 35.4 Å². The predicted molar refractivity (Wildman–Crippen MR) is 85.2 cm³/mol. The van der Waals surface area contributed by atoms with E-state index in [0.29, 0.717) is 18.0 Å². The van der Waals surface area contributed by atoms with Gasteiger partial charge in [0.2, 0.25) is 0 Å². The van der Waals surface area contributed by atoms with E-state index in [4.69, 9.17) is 9.47 Å². The third-order valence-electron chi connectivity index (χ3n) is 3.60. The van der Waals surface area contributed by atoms with Gasteiger partial charge in [-0.2, -0.15) is 5.10 Å². The van der Waals surface area contributed by atoms with Crippen LogP contribution in [-0.4, -0.2) is 40.9 Å². The van der Waals surface area contributed by atoms with E-state index < -0.39 is 0 Å². The lowest BCUT2D eigenvalue weighted by Gasteiger charge is -2.18. The van der Waals surface area contributed by atoms with Gasteiger partial charge in [-0.25, -0.2) is 0 Å². The first-order chi connectivity index (χ1) is 10.6. The number of hydrogen-bond acceptors (Lipinski definition) is 5. The first kappa shape index (κ1) is 16.3. The van der Waals surface area contributed by atoms with E-state index in [1.54, 1.807) is 26.5 Å². The SMILES string of the molecule is CCn1cc(CN(C)Cc2nccc(OC)c2OC)c(C)n1. The van der Waals surface area contributed by atoms with E-state index in [2.05, 4.69) is 35.2 Å². The Kier molecular flexibility index (Phi) is 5.38. The Labute approximate surface area is 131 Å². The van der Waals surface area contributed by atoms with Gasteiger partial charge in [-0.3, -0.25) is 14.6 Å². The molecule has 0 amide bonds. The molecule has 120 valence electrons. The van der Waals surface area contributed by atoms with Crippen LogP contribution in [0.4, 0.5) is 0 Å². The van der Waals surface area contributed by atoms with E-state index in [-0.39, 0.29) is 0 Å². The van der Waals surface area contributed by atoms with E-state index >= 15 is 0 Å². The van der Waals surface area contributed by atoms with Crippen LogP contribution in [0.3, 0.4) is 0 Å². The largest absolute Gasteiger partial charge is 0.493 e. The summed E-state index contributed by atoms with van der Waals surface area (Å²) in [5.74, 6) is 1.40. The number of aryl methyl sites for hydroxylation is 2. The summed E-state index contributed by atoms with van der Waals surface area (Å²) < 4.78 is 12.7. The van der Waals surface area contributed by atoms with Crippen LogP contribution in [0.1, 0.15) is 23.9 Å². The molecular weight excluding hydrogens is 280 g/mol. The van der Waals surface area contributed by atoms with Crippen molar-refractivity contribution in [3.63, 3.8) is 0 Å². The third-order valence-corrected chi connectivity index (χ3v) is 3.60. The smallest absolute Gasteiger partial charge is 0.183 e. The Balaban J connectivity index is 2.11. The van der Waals surface area contributed by atoms with Crippen molar-refractivity contribution in [1.29, 1.82) is 0 Å². The van der Waals surface area contributed by atoms with Crippen LogP contribution in [0.2, 0.25) is 0 Å². The second-order valence-corrected chi connectivity index (χ2v) is 5.26. The summed E-state index contributed by atoms with van der Waals surface area (Å²) in [5, 5.41) is 4.48. The number of ether oxygens (including phenoxy) is 2. The summed E-state index contributed by atoms with van der Waals surface area (Å²) in [4.78, 5) is 6.60. The highest BCUT2D eigenvalue weighted by molar-refractivity contribution is 5.42. The fraction of sp³-hybridized carbons (Fsp3) is 0.500. The molecule has 0 aromatic carbocycles. The Morgan fingerprint density at radius 3 is 2.59 bits per heavy atom. The lowest BCUT2D eigenvalue weighted by molar-refractivity contribution is 0.297. The molecule has 0 spiro atoms. The van der Waals surface area contributed by atoms with E-state index in [1.807, 2.05) is 11.6 Å². The molecule has 6 nitrogen and oxygen atoms in total. The minimum atomic E-state index is 0.678. The van der Waals surface area contributed by atoms with Crippen LogP contribution in [0.15, 0.2) is 18.5 Å². The standard InChI is InChI=1S/C16H24N4O2/c1-6-20-10-13(12(2)18-20)9-19(3)11-14-16(22-5)15(21-4)7-8-17-14/h7-8,10H,6,9,11H2,1-5H3. The summed E-state index contributed by atoms with van der Waals surface area (Å²) >= 11 is 0. The first-order valence-electron chi connectivity index (χ1n) is 7.36. The predicted octanol–water partition coefficient (Wildman–Crippen LogP) is 2.26. The molecule has 0 atom stereocenters. The Hall–Kier alpha value is -2.08. The molecule has 0 aliphatic rings. The molecule has 2 rings (SSSR count). The van der Waals surface area contributed by atoms with Crippen LogP contribution in [0.25, 0.3) is 0 Å². The number of pyridine rings is 1. The second kappa shape index (κ2) is 7.26. The molecular formula is C16H24N4O2. The molecule has 0 aliphatic carbocycles. The zero-order valence-electron chi connectivity index (χ0n) is 14.0. The first-order valence-corrected chi connectivity index (χ1v) is 7.36. The molecule has 6 heteroatoms. The third kappa shape index (κ3) is 3.57. The van der Waals surface area contributed by atoms with Crippen LogP contribution in [0, 0.1) is 6.92 Å². The van der Waals surface area contributed by atoms with Gasteiger partial charge < -0.3 is 9.47 Å². The van der Waals surface area contributed by atoms with E-state index in [1.165, 1.54) is 5.56 Å². The normalized spacial score (nSPS) is 11.0. The number of hydrogen-bond donors (Lipinski definition) is 0. The highest BCUT2D eigenvalue weighted by Crippen LogP contribution is 2.29. The van der Waals surface area contributed by atoms with Gasteiger partial charge in [0.25, 0.3) is 0 Å². The van der Waals surface area contributed by atoms with E-state index in [9.17, 15) is 0 Å². The summed E-state index contributed by atoms with van der Waals surface area (Å²) in [6.07, 6.45) is 3.84. The molecule has 0 bridgehead atoms. The zero-order chi connectivity index (χ0) is 16.1. The molecule has 0 saturated heterocycles. The minimum absolute atomic E-state index is 0.678. The molecule has 22 heavy (non-hydrogen) atoms. The highest BCUT2D eigenvalue weighted by atomic mass is 16.5. The van der Waals surface area contributed by atoms with Crippen LogP contribution in [0.5, 0.6) is 11.5 Å². The van der Waals surface area contributed by atoms with Crippen LogP contribution < -0.4 is 9.47 Å². The van der Waals surface area contributed by atoms with Crippen molar-refractivity contribution in [2.75, 3.05) is 21.3 Å². The van der Waals surface area contributed by atoms with Crippen molar-refractivity contribution >= 4 is 0 Å². The minimum Gasteiger partial charge on any atom is -0.493 e. The summed E-state index contributed by atoms with van der Waals surface area (Å²) in [6.45, 7) is 6.51. The van der Waals surface area contributed by atoms with Gasteiger partial charge >= 0.3 is 0 Å². The van der Waals surface area contributed by atoms with Gasteiger partial charge in [0.05, 0.1) is 19.9 Å². The van der Waals surface area contributed by atoms with Crippen molar-refractivity contribution in [2.24, 2.45) is 0 Å². The second-order valence-electron chi connectivity index (χ2n) is 5.26. The number of aromatic nitrogens is 3. The number of nitrogens with zero attached hydrogens (tertiary/aromatic N) is 4. The molecule has 0 aliphatic heterocycles. The number of rotatable bonds is 7. The van der Waals surface area contributed by atoms with Gasteiger partial charge in [0.1, 0.15) is 5.69 Å². The molecule has 0 radical (unpaired) electrons. The maximum absolute atomic E-state index is 5.43. The van der Waals surface area contributed by atoms with Crippen molar-refractivity contribution in [1.82, 2.24) is 19.7 Å². The Bertz CT molecular complexity index is 625. The molecule has 0 saturated carbocycles. The van der Waals surface area contributed by atoms with Crippen molar-refractivity contribution in [2.45, 2.75) is 33.5 Å². The molecule has 0 unspecified atom stereocenters. The quantitative estimate of drug-likeness (QED) is 0.785. The molecule has 2 aromatic rings. The Morgan fingerprint density at radius 2 is 2.00 bits per heavy atom. The van der Waals surface area contributed by atoms with Crippen LogP contribution in [-0.2, 0) is 19.6 Å². The van der Waals surface area contributed by atoms with Crippen LogP contribution >= 0.6 is 0 Å².